The van der Waals surface area contributed by atoms with Crippen molar-refractivity contribution in [2.75, 3.05) is 18.0 Å². The second-order valence-corrected chi connectivity index (χ2v) is 11.6. The number of hydrogen-bond acceptors (Lipinski definition) is 4. The summed E-state index contributed by atoms with van der Waals surface area (Å²) in [7, 11) is 0. The molecule has 1 saturated carbocycles. The van der Waals surface area contributed by atoms with Crippen LogP contribution < -0.4 is 4.90 Å². The van der Waals surface area contributed by atoms with Gasteiger partial charge in [-0.15, -0.1) is 10.2 Å². The van der Waals surface area contributed by atoms with Gasteiger partial charge >= 0.3 is 6.18 Å². The molecule has 0 radical (unpaired) electrons. The van der Waals surface area contributed by atoms with Gasteiger partial charge in [-0.2, -0.15) is 13.2 Å². The summed E-state index contributed by atoms with van der Waals surface area (Å²) in [5.41, 5.74) is -1.28. The van der Waals surface area contributed by atoms with E-state index >= 15 is 0 Å². The van der Waals surface area contributed by atoms with Crippen LogP contribution in [0.5, 0.6) is 0 Å². The molecule has 0 spiro atoms. The van der Waals surface area contributed by atoms with Crippen LogP contribution in [0.3, 0.4) is 0 Å². The summed E-state index contributed by atoms with van der Waals surface area (Å²) in [6, 6.07) is 7.06. The summed E-state index contributed by atoms with van der Waals surface area (Å²) in [5.74, 6) is -4.91. The van der Waals surface area contributed by atoms with E-state index in [1.807, 2.05) is 22.5 Å². The van der Waals surface area contributed by atoms with Crippen LogP contribution in [-0.4, -0.2) is 44.2 Å². The second-order valence-electron chi connectivity index (χ2n) is 11.2. The molecule has 6 rings (SSSR count). The van der Waals surface area contributed by atoms with E-state index in [4.69, 9.17) is 11.6 Å². The molecule has 214 valence electrons. The molecular weight excluding hydrogens is 563 g/mol. The lowest BCUT2D eigenvalue weighted by Gasteiger charge is -2.51. The first-order chi connectivity index (χ1) is 18.8. The van der Waals surface area contributed by atoms with Gasteiger partial charge in [-0.3, -0.25) is 9.47 Å². The van der Waals surface area contributed by atoms with E-state index < -0.39 is 34.8 Å². The van der Waals surface area contributed by atoms with Crippen LogP contribution in [0.25, 0.3) is 5.69 Å². The Morgan fingerprint density at radius 2 is 1.62 bits per heavy atom. The van der Waals surface area contributed by atoms with Gasteiger partial charge in [0.25, 0.3) is 5.92 Å². The van der Waals surface area contributed by atoms with Crippen molar-refractivity contribution in [3.63, 3.8) is 0 Å². The highest BCUT2D eigenvalue weighted by Gasteiger charge is 2.57. The van der Waals surface area contributed by atoms with Gasteiger partial charge in [-0.1, -0.05) is 11.6 Å². The number of anilines is 1. The molecule has 3 heterocycles. The predicted molar refractivity (Wildman–Crippen MR) is 134 cm³/mol. The number of fused-ring (bicyclic) bond motifs is 3. The standard InChI is InChI=1S/C27H25ClF7N5/c1-25(13-26(31,32)14-25)39-11-16-10-17(28)2-4-19(16)40-21(12-39)36-37-24(40)15-6-8-38(9-7-15)20-5-3-18(29)22(23(20)30)27(33,34)35/h2-5,10,15H,6-9,11-14H2,1H3. The number of halogens is 8. The van der Waals surface area contributed by atoms with Gasteiger partial charge in [-0.25, -0.2) is 17.6 Å². The maximum Gasteiger partial charge on any atom is 0.422 e. The monoisotopic (exact) mass is 587 g/mol. The Hall–Kier alpha value is -2.86. The highest BCUT2D eigenvalue weighted by Crippen LogP contribution is 2.50. The number of alkyl halides is 5. The van der Waals surface area contributed by atoms with Gasteiger partial charge in [0, 0.05) is 49.0 Å². The van der Waals surface area contributed by atoms with Crippen LogP contribution in [0.4, 0.5) is 36.4 Å². The second kappa shape index (κ2) is 9.34. The molecule has 1 aromatic heterocycles. The Balaban J connectivity index is 1.29. The maximum absolute atomic E-state index is 14.8. The minimum Gasteiger partial charge on any atom is -0.369 e. The minimum absolute atomic E-state index is 0.151. The first-order valence-corrected chi connectivity index (χ1v) is 13.3. The van der Waals surface area contributed by atoms with Crippen LogP contribution in [0.1, 0.15) is 61.3 Å². The van der Waals surface area contributed by atoms with E-state index in [-0.39, 0.29) is 37.5 Å². The van der Waals surface area contributed by atoms with Gasteiger partial charge in [0.2, 0.25) is 0 Å². The molecule has 0 unspecified atom stereocenters. The summed E-state index contributed by atoms with van der Waals surface area (Å²) < 4.78 is 98.0. The van der Waals surface area contributed by atoms with Crippen molar-refractivity contribution in [3.8, 4) is 5.69 Å². The molecule has 2 aliphatic heterocycles. The summed E-state index contributed by atoms with van der Waals surface area (Å²) >= 11 is 6.30. The molecule has 40 heavy (non-hydrogen) atoms. The molecule has 0 bridgehead atoms. The van der Waals surface area contributed by atoms with E-state index in [1.165, 1.54) is 4.90 Å². The van der Waals surface area contributed by atoms with Gasteiger partial charge < -0.3 is 4.90 Å². The molecule has 2 fully saturated rings. The lowest BCUT2D eigenvalue weighted by molar-refractivity contribution is -0.173. The van der Waals surface area contributed by atoms with Crippen molar-refractivity contribution in [1.29, 1.82) is 0 Å². The van der Waals surface area contributed by atoms with Crippen LogP contribution >= 0.6 is 11.6 Å². The number of hydrogen-bond donors (Lipinski definition) is 0. The molecule has 0 atom stereocenters. The summed E-state index contributed by atoms with van der Waals surface area (Å²) in [4.78, 5) is 3.46. The Kier molecular flexibility index (Phi) is 6.38. The molecule has 0 amide bonds. The maximum atomic E-state index is 14.8. The number of piperidine rings is 1. The van der Waals surface area contributed by atoms with Crippen molar-refractivity contribution in [1.82, 2.24) is 19.7 Å². The molecule has 13 heteroatoms. The minimum atomic E-state index is -5.15. The molecular formula is C27H25ClF7N5. The number of aromatic nitrogens is 3. The van der Waals surface area contributed by atoms with Crippen molar-refractivity contribution < 1.29 is 30.7 Å². The summed E-state index contributed by atoms with van der Waals surface area (Å²) in [5, 5.41) is 9.39. The number of rotatable bonds is 3. The Morgan fingerprint density at radius 1 is 0.950 bits per heavy atom. The first-order valence-electron chi connectivity index (χ1n) is 12.9. The Labute approximate surface area is 230 Å². The average molecular weight is 588 g/mol. The zero-order valence-electron chi connectivity index (χ0n) is 21.4. The molecule has 2 aromatic carbocycles. The molecule has 5 nitrogen and oxygen atoms in total. The largest absolute Gasteiger partial charge is 0.422 e. The van der Waals surface area contributed by atoms with Crippen LogP contribution in [0.2, 0.25) is 5.02 Å². The molecule has 3 aromatic rings. The third-order valence-electron chi connectivity index (χ3n) is 8.33. The quantitative estimate of drug-likeness (QED) is 0.306. The molecule has 1 aliphatic carbocycles. The Morgan fingerprint density at radius 3 is 2.27 bits per heavy atom. The van der Waals surface area contributed by atoms with E-state index in [9.17, 15) is 30.7 Å². The lowest BCUT2D eigenvalue weighted by atomic mass is 9.73. The molecule has 1 saturated heterocycles. The predicted octanol–water partition coefficient (Wildman–Crippen LogP) is 7.11. The van der Waals surface area contributed by atoms with Gasteiger partial charge in [0.15, 0.2) is 11.6 Å². The number of nitrogens with zero attached hydrogens (tertiary/aromatic N) is 5. The average Bonchev–Trinajstić information content (AvgIpc) is 3.18. The third-order valence-corrected chi connectivity index (χ3v) is 8.56. The summed E-state index contributed by atoms with van der Waals surface area (Å²) in [6.45, 7) is 2.95. The zero-order valence-corrected chi connectivity index (χ0v) is 22.1. The fourth-order valence-electron chi connectivity index (χ4n) is 6.38. The van der Waals surface area contributed by atoms with E-state index in [2.05, 4.69) is 10.2 Å². The van der Waals surface area contributed by atoms with Crippen LogP contribution in [0, 0.1) is 11.6 Å². The fraction of sp³-hybridized carbons (Fsp3) is 0.481. The van der Waals surface area contributed by atoms with E-state index in [1.54, 1.807) is 12.1 Å². The van der Waals surface area contributed by atoms with Gasteiger partial charge in [0.05, 0.1) is 17.9 Å². The van der Waals surface area contributed by atoms with Crippen molar-refractivity contribution in [2.24, 2.45) is 0 Å². The van der Waals surface area contributed by atoms with Crippen molar-refractivity contribution in [3.05, 3.63) is 69.8 Å². The highest BCUT2D eigenvalue weighted by atomic mass is 35.5. The van der Waals surface area contributed by atoms with Gasteiger partial charge in [-0.05, 0) is 55.7 Å². The molecule has 3 aliphatic rings. The smallest absolute Gasteiger partial charge is 0.369 e. The normalized spacial score (nSPS) is 21.0. The lowest BCUT2D eigenvalue weighted by Crippen LogP contribution is -2.59. The molecule has 0 N–H and O–H groups in total. The van der Waals surface area contributed by atoms with Crippen LogP contribution in [0.15, 0.2) is 30.3 Å². The van der Waals surface area contributed by atoms with Gasteiger partial charge in [0.1, 0.15) is 17.2 Å². The van der Waals surface area contributed by atoms with Crippen molar-refractivity contribution >= 4 is 17.3 Å². The fourth-order valence-corrected chi connectivity index (χ4v) is 6.58. The third kappa shape index (κ3) is 4.62. The SMILES string of the molecule is CC1(N2Cc3cc(Cl)ccc3-n3c(nnc3C3CCN(c4ccc(F)c(C(F)(F)F)c4F)CC3)C2)CC(F)(F)C1. The van der Waals surface area contributed by atoms with E-state index in [0.717, 1.165) is 17.3 Å². The first kappa shape index (κ1) is 27.3. The van der Waals surface area contributed by atoms with Crippen LogP contribution in [-0.2, 0) is 19.3 Å². The summed E-state index contributed by atoms with van der Waals surface area (Å²) in [6.07, 6.45) is -4.80. The topological polar surface area (TPSA) is 37.2 Å². The van der Waals surface area contributed by atoms with Crippen molar-refractivity contribution in [2.45, 2.75) is 69.3 Å². The Bertz CT molecular complexity index is 1450. The number of benzene rings is 2. The van der Waals surface area contributed by atoms with E-state index in [0.29, 0.717) is 48.7 Å². The zero-order chi connectivity index (χ0) is 28.6. The highest BCUT2D eigenvalue weighted by molar-refractivity contribution is 6.30.